The monoisotopic (exact) mass is 292 g/mol. The Morgan fingerprint density at radius 3 is 2.62 bits per heavy atom. The summed E-state index contributed by atoms with van der Waals surface area (Å²) in [6, 6.07) is 5.09. The van der Waals surface area contributed by atoms with Gasteiger partial charge in [-0.3, -0.25) is 4.79 Å². The largest absolute Gasteiger partial charge is 0.352 e. The highest BCUT2D eigenvalue weighted by atomic mass is 19.1. The van der Waals surface area contributed by atoms with Crippen LogP contribution in [0.3, 0.4) is 0 Å². The van der Waals surface area contributed by atoms with E-state index in [0.29, 0.717) is 18.5 Å². The minimum absolute atomic E-state index is 0.0345. The van der Waals surface area contributed by atoms with Crippen LogP contribution in [0.15, 0.2) is 18.2 Å². The summed E-state index contributed by atoms with van der Waals surface area (Å²) < 4.78 is 13.5. The molecule has 0 bridgehead atoms. The number of carbonyl (C=O) groups excluding carboxylic acids is 1. The number of amides is 1. The molecule has 3 nitrogen and oxygen atoms in total. The van der Waals surface area contributed by atoms with Gasteiger partial charge < -0.3 is 10.6 Å². The lowest BCUT2D eigenvalue weighted by molar-refractivity contribution is -0.123. The number of carbonyl (C=O) groups is 1. The molecule has 1 saturated carbocycles. The van der Waals surface area contributed by atoms with Crippen molar-refractivity contribution in [2.24, 2.45) is 0 Å². The summed E-state index contributed by atoms with van der Waals surface area (Å²) in [5.41, 5.74) is 1.37. The molecule has 0 radical (unpaired) electrons. The molecule has 4 heteroatoms. The summed E-state index contributed by atoms with van der Waals surface area (Å²) >= 11 is 0. The van der Waals surface area contributed by atoms with E-state index in [-0.39, 0.29) is 17.3 Å². The quantitative estimate of drug-likeness (QED) is 0.875. The number of benzene rings is 1. The topological polar surface area (TPSA) is 41.1 Å². The van der Waals surface area contributed by atoms with E-state index >= 15 is 0 Å². The lowest BCUT2D eigenvalue weighted by Gasteiger charge is -2.36. The second kappa shape index (κ2) is 7.03. The number of aryl methyl sites for hydroxylation is 1. The third-order valence-electron chi connectivity index (χ3n) is 4.57. The van der Waals surface area contributed by atoms with Gasteiger partial charge in [-0.1, -0.05) is 31.4 Å². The van der Waals surface area contributed by atoms with Crippen LogP contribution in [0.25, 0.3) is 0 Å². The highest BCUT2D eigenvalue weighted by Crippen LogP contribution is 2.30. The fourth-order valence-electron chi connectivity index (χ4n) is 3.06. The molecule has 0 spiro atoms. The third kappa shape index (κ3) is 4.27. The Morgan fingerprint density at radius 1 is 1.29 bits per heavy atom. The summed E-state index contributed by atoms with van der Waals surface area (Å²) in [5, 5.41) is 6.25. The van der Waals surface area contributed by atoms with Crippen molar-refractivity contribution in [3.8, 4) is 0 Å². The first-order valence-corrected chi connectivity index (χ1v) is 7.75. The van der Waals surface area contributed by atoms with Gasteiger partial charge in [0.2, 0.25) is 5.91 Å². The summed E-state index contributed by atoms with van der Waals surface area (Å²) in [7, 11) is 1.94. The van der Waals surface area contributed by atoms with E-state index in [1.54, 1.807) is 13.0 Å². The zero-order valence-electron chi connectivity index (χ0n) is 13.0. The molecule has 1 aromatic rings. The lowest BCUT2D eigenvalue weighted by atomic mass is 9.79. The van der Waals surface area contributed by atoms with Crippen molar-refractivity contribution in [1.82, 2.24) is 10.6 Å². The molecule has 1 aliphatic rings. The summed E-state index contributed by atoms with van der Waals surface area (Å²) in [6.07, 6.45) is 6.21. The smallest absolute Gasteiger partial charge is 0.222 e. The average Bonchev–Trinajstić information content (AvgIpc) is 2.49. The van der Waals surface area contributed by atoms with Crippen LogP contribution in [0.5, 0.6) is 0 Å². The fourth-order valence-corrected chi connectivity index (χ4v) is 3.06. The summed E-state index contributed by atoms with van der Waals surface area (Å²) in [4.78, 5) is 12.2. The van der Waals surface area contributed by atoms with Gasteiger partial charge in [0.25, 0.3) is 0 Å². The molecule has 2 N–H and O–H groups in total. The van der Waals surface area contributed by atoms with Crippen LogP contribution in [-0.4, -0.2) is 18.5 Å². The van der Waals surface area contributed by atoms with Crippen molar-refractivity contribution < 1.29 is 9.18 Å². The van der Waals surface area contributed by atoms with Gasteiger partial charge in [0.15, 0.2) is 0 Å². The van der Waals surface area contributed by atoms with E-state index < -0.39 is 0 Å². The highest BCUT2D eigenvalue weighted by Gasteiger charge is 2.32. The van der Waals surface area contributed by atoms with Gasteiger partial charge >= 0.3 is 0 Å². The Hall–Kier alpha value is -1.42. The van der Waals surface area contributed by atoms with E-state index in [9.17, 15) is 9.18 Å². The molecular weight excluding hydrogens is 267 g/mol. The maximum atomic E-state index is 13.5. The van der Waals surface area contributed by atoms with Crippen molar-refractivity contribution in [1.29, 1.82) is 0 Å². The Labute approximate surface area is 126 Å². The Bertz CT molecular complexity index is 496. The molecule has 2 rings (SSSR count). The van der Waals surface area contributed by atoms with E-state index in [4.69, 9.17) is 0 Å². The van der Waals surface area contributed by atoms with Crippen molar-refractivity contribution in [2.75, 3.05) is 7.05 Å². The average molecular weight is 292 g/mol. The molecule has 0 unspecified atom stereocenters. The molecule has 1 fully saturated rings. The molecule has 0 atom stereocenters. The standard InChI is InChI=1S/C17H25FN2O/c1-13-6-7-14(10-15(13)18)12-20-16(21)11-17(19-2)8-4-3-5-9-17/h6-7,10,19H,3-5,8-9,11-12H2,1-2H3,(H,20,21). The van der Waals surface area contributed by atoms with Gasteiger partial charge in [0, 0.05) is 18.5 Å². The molecule has 116 valence electrons. The van der Waals surface area contributed by atoms with E-state index in [0.717, 1.165) is 18.4 Å². The van der Waals surface area contributed by atoms with Gasteiger partial charge in [-0.15, -0.1) is 0 Å². The fraction of sp³-hybridized carbons (Fsp3) is 0.588. The van der Waals surface area contributed by atoms with Crippen molar-refractivity contribution in [3.05, 3.63) is 35.1 Å². The predicted octanol–water partition coefficient (Wildman–Crippen LogP) is 3.06. The van der Waals surface area contributed by atoms with E-state index in [1.165, 1.54) is 25.3 Å². The van der Waals surface area contributed by atoms with Crippen LogP contribution >= 0.6 is 0 Å². The van der Waals surface area contributed by atoms with Crippen LogP contribution in [0.4, 0.5) is 4.39 Å². The molecule has 1 amide bonds. The maximum absolute atomic E-state index is 13.5. The van der Waals surface area contributed by atoms with Gasteiger partial charge in [-0.25, -0.2) is 4.39 Å². The first-order valence-electron chi connectivity index (χ1n) is 7.75. The Balaban J connectivity index is 1.87. The minimum Gasteiger partial charge on any atom is -0.352 e. The van der Waals surface area contributed by atoms with E-state index in [1.807, 2.05) is 13.1 Å². The zero-order valence-corrected chi connectivity index (χ0v) is 13.0. The zero-order chi connectivity index (χ0) is 15.3. The predicted molar refractivity (Wildman–Crippen MR) is 82.5 cm³/mol. The van der Waals surface area contributed by atoms with Crippen LogP contribution in [0.2, 0.25) is 0 Å². The molecule has 0 heterocycles. The number of rotatable bonds is 5. The molecule has 1 aliphatic carbocycles. The third-order valence-corrected chi connectivity index (χ3v) is 4.57. The van der Waals surface area contributed by atoms with Crippen molar-refractivity contribution in [3.63, 3.8) is 0 Å². The number of hydrogen-bond donors (Lipinski definition) is 2. The van der Waals surface area contributed by atoms with Gasteiger partial charge in [-0.2, -0.15) is 0 Å². The van der Waals surface area contributed by atoms with Crippen LogP contribution < -0.4 is 10.6 Å². The Kier molecular flexibility index (Phi) is 5.34. The SMILES string of the molecule is CNC1(CC(=O)NCc2ccc(C)c(F)c2)CCCCC1. The molecular formula is C17H25FN2O. The maximum Gasteiger partial charge on any atom is 0.222 e. The molecule has 0 aromatic heterocycles. The lowest BCUT2D eigenvalue weighted by Crippen LogP contribution is -2.48. The summed E-state index contributed by atoms with van der Waals surface area (Å²) in [6.45, 7) is 2.12. The molecule has 21 heavy (non-hydrogen) atoms. The highest BCUT2D eigenvalue weighted by molar-refractivity contribution is 5.77. The van der Waals surface area contributed by atoms with E-state index in [2.05, 4.69) is 10.6 Å². The van der Waals surface area contributed by atoms with Gasteiger partial charge in [-0.05, 0) is 44.0 Å². The second-order valence-electron chi connectivity index (χ2n) is 6.13. The first kappa shape index (κ1) is 16.0. The second-order valence-corrected chi connectivity index (χ2v) is 6.13. The van der Waals surface area contributed by atoms with Crippen LogP contribution in [0.1, 0.15) is 49.7 Å². The number of nitrogens with one attached hydrogen (secondary N) is 2. The number of halogens is 1. The summed E-state index contributed by atoms with van der Waals surface area (Å²) in [5.74, 6) is -0.187. The minimum atomic E-state index is -0.222. The van der Waals surface area contributed by atoms with Crippen LogP contribution in [0, 0.1) is 12.7 Å². The Morgan fingerprint density at radius 2 is 2.00 bits per heavy atom. The van der Waals surface area contributed by atoms with Gasteiger partial charge in [0.1, 0.15) is 5.82 Å². The number of hydrogen-bond acceptors (Lipinski definition) is 2. The van der Waals surface area contributed by atoms with Crippen molar-refractivity contribution in [2.45, 2.75) is 57.5 Å². The normalized spacial score (nSPS) is 17.5. The van der Waals surface area contributed by atoms with Gasteiger partial charge in [0.05, 0.1) is 0 Å². The molecule has 0 saturated heterocycles. The molecule has 0 aliphatic heterocycles. The molecule has 1 aromatic carbocycles. The van der Waals surface area contributed by atoms with Crippen LogP contribution in [-0.2, 0) is 11.3 Å². The van der Waals surface area contributed by atoms with Crippen molar-refractivity contribution >= 4 is 5.91 Å². The first-order chi connectivity index (χ1) is 10.0.